The molecular formula is C14H15NO2. The first-order valence-electron chi connectivity index (χ1n) is 5.57. The number of imide groups is 1. The summed E-state index contributed by atoms with van der Waals surface area (Å²) in [6.07, 6.45) is 0. The van der Waals surface area contributed by atoms with Gasteiger partial charge in [-0.2, -0.15) is 0 Å². The molecule has 0 saturated carbocycles. The molecule has 88 valence electrons. The first kappa shape index (κ1) is 11.6. The zero-order valence-electron chi connectivity index (χ0n) is 10.2. The van der Waals surface area contributed by atoms with E-state index in [9.17, 15) is 9.59 Å². The molecule has 2 amide bonds. The highest BCUT2D eigenvalue weighted by Gasteiger charge is 2.37. The summed E-state index contributed by atoms with van der Waals surface area (Å²) in [6.45, 7) is 5.80. The lowest BCUT2D eigenvalue weighted by Crippen LogP contribution is -2.26. The van der Waals surface area contributed by atoms with Gasteiger partial charge in [-0.3, -0.25) is 14.9 Å². The first-order chi connectivity index (χ1) is 7.91. The number of rotatable bonds is 1. The van der Waals surface area contributed by atoms with Crippen LogP contribution < -0.4 is 5.32 Å². The van der Waals surface area contributed by atoms with Crippen LogP contribution >= 0.6 is 0 Å². The zero-order valence-corrected chi connectivity index (χ0v) is 10.2. The molecule has 0 saturated heterocycles. The quantitative estimate of drug-likeness (QED) is 0.750. The van der Waals surface area contributed by atoms with Gasteiger partial charge >= 0.3 is 0 Å². The van der Waals surface area contributed by atoms with Crippen LogP contribution in [0.15, 0.2) is 35.9 Å². The molecule has 1 aliphatic heterocycles. The maximum Gasteiger partial charge on any atom is 0.259 e. The van der Waals surface area contributed by atoms with E-state index < -0.39 is 0 Å². The minimum absolute atomic E-state index is 0.277. The minimum Gasteiger partial charge on any atom is -0.288 e. The van der Waals surface area contributed by atoms with Gasteiger partial charge in [0, 0.05) is 5.57 Å². The zero-order chi connectivity index (χ0) is 12.6. The predicted octanol–water partition coefficient (Wildman–Crippen LogP) is 2.14. The van der Waals surface area contributed by atoms with E-state index in [1.54, 1.807) is 0 Å². The fourth-order valence-corrected chi connectivity index (χ4v) is 2.05. The van der Waals surface area contributed by atoms with E-state index in [4.69, 9.17) is 0 Å². The molecule has 3 heteroatoms. The van der Waals surface area contributed by atoms with Crippen molar-refractivity contribution < 1.29 is 9.59 Å². The molecule has 0 fully saturated rings. The Hall–Kier alpha value is -1.90. The van der Waals surface area contributed by atoms with Crippen LogP contribution in [0.4, 0.5) is 0 Å². The van der Waals surface area contributed by atoms with Crippen molar-refractivity contribution >= 4 is 17.4 Å². The summed E-state index contributed by atoms with van der Waals surface area (Å²) in [7, 11) is 0. The highest BCUT2D eigenvalue weighted by molar-refractivity contribution is 6.36. The number of benzene rings is 1. The van der Waals surface area contributed by atoms with Gasteiger partial charge in [-0.1, -0.05) is 51.1 Å². The Labute approximate surface area is 101 Å². The van der Waals surface area contributed by atoms with Crippen molar-refractivity contribution in [3.63, 3.8) is 0 Å². The van der Waals surface area contributed by atoms with E-state index >= 15 is 0 Å². The Morgan fingerprint density at radius 3 is 2.06 bits per heavy atom. The topological polar surface area (TPSA) is 46.2 Å². The molecule has 2 rings (SSSR count). The Morgan fingerprint density at radius 2 is 1.53 bits per heavy atom. The maximum absolute atomic E-state index is 11.9. The number of amides is 2. The van der Waals surface area contributed by atoms with Crippen molar-refractivity contribution in [1.29, 1.82) is 0 Å². The summed E-state index contributed by atoms with van der Waals surface area (Å²) < 4.78 is 0. The third kappa shape index (κ3) is 2.00. The van der Waals surface area contributed by atoms with Crippen molar-refractivity contribution in [2.24, 2.45) is 5.41 Å². The molecule has 0 bridgehead atoms. The fourth-order valence-electron chi connectivity index (χ4n) is 2.05. The van der Waals surface area contributed by atoms with Crippen molar-refractivity contribution in [1.82, 2.24) is 5.32 Å². The fraction of sp³-hybridized carbons (Fsp3) is 0.286. The standard InChI is InChI=1S/C14H15NO2/c1-14(2,3)11-10(12(16)15-13(11)17)9-7-5-4-6-8-9/h4-8H,1-3H3,(H,15,16,17). The van der Waals surface area contributed by atoms with Crippen LogP contribution in [0.3, 0.4) is 0 Å². The SMILES string of the molecule is CC(C)(C)C1=C(c2ccccc2)C(=O)NC1=O. The van der Waals surface area contributed by atoms with Gasteiger partial charge in [0.25, 0.3) is 11.8 Å². The maximum atomic E-state index is 11.9. The average Bonchev–Trinajstić information content (AvgIpc) is 2.54. The smallest absolute Gasteiger partial charge is 0.259 e. The Balaban J connectivity index is 2.65. The lowest BCUT2D eigenvalue weighted by molar-refractivity contribution is -0.123. The summed E-state index contributed by atoms with van der Waals surface area (Å²) in [5.41, 5.74) is 1.51. The van der Waals surface area contributed by atoms with Crippen LogP contribution in [0.5, 0.6) is 0 Å². The minimum atomic E-state index is -0.346. The van der Waals surface area contributed by atoms with Crippen LogP contribution in [0.1, 0.15) is 26.3 Å². The Morgan fingerprint density at radius 1 is 0.941 bits per heavy atom. The van der Waals surface area contributed by atoms with Crippen LogP contribution in [0.2, 0.25) is 0 Å². The third-order valence-electron chi connectivity index (χ3n) is 2.74. The molecule has 17 heavy (non-hydrogen) atoms. The molecule has 1 aromatic rings. The summed E-state index contributed by atoms with van der Waals surface area (Å²) in [5.74, 6) is -0.576. The van der Waals surface area contributed by atoms with E-state index in [0.29, 0.717) is 11.1 Å². The van der Waals surface area contributed by atoms with Crippen molar-refractivity contribution in [2.45, 2.75) is 20.8 Å². The molecule has 0 atom stereocenters. The van der Waals surface area contributed by atoms with Crippen LogP contribution in [0.25, 0.3) is 5.57 Å². The van der Waals surface area contributed by atoms with E-state index in [-0.39, 0.29) is 17.2 Å². The average molecular weight is 229 g/mol. The number of hydrogen-bond acceptors (Lipinski definition) is 2. The molecule has 0 radical (unpaired) electrons. The molecule has 1 N–H and O–H groups in total. The van der Waals surface area contributed by atoms with Crippen LogP contribution in [-0.2, 0) is 9.59 Å². The Bertz CT molecular complexity index is 507. The number of carbonyl (C=O) groups is 2. The molecule has 0 spiro atoms. The molecule has 0 aliphatic carbocycles. The highest BCUT2D eigenvalue weighted by Crippen LogP contribution is 2.35. The lowest BCUT2D eigenvalue weighted by Gasteiger charge is -2.19. The number of nitrogens with one attached hydrogen (secondary N) is 1. The van der Waals surface area contributed by atoms with Gasteiger partial charge in [0.05, 0.1) is 5.57 Å². The van der Waals surface area contributed by atoms with Gasteiger partial charge in [0.15, 0.2) is 0 Å². The van der Waals surface area contributed by atoms with Crippen molar-refractivity contribution in [3.8, 4) is 0 Å². The largest absolute Gasteiger partial charge is 0.288 e. The van der Waals surface area contributed by atoms with Crippen LogP contribution in [-0.4, -0.2) is 11.8 Å². The normalized spacial score (nSPS) is 16.4. The van der Waals surface area contributed by atoms with Crippen LogP contribution in [0, 0.1) is 5.41 Å². The summed E-state index contributed by atoms with van der Waals surface area (Å²) in [5, 5.41) is 2.37. The molecule has 3 nitrogen and oxygen atoms in total. The second-order valence-corrected chi connectivity index (χ2v) is 5.15. The van der Waals surface area contributed by atoms with Gasteiger partial charge in [-0.05, 0) is 11.0 Å². The Kier molecular flexibility index (Phi) is 2.62. The van der Waals surface area contributed by atoms with Gasteiger partial charge < -0.3 is 0 Å². The summed E-state index contributed by atoms with van der Waals surface area (Å²) in [6, 6.07) is 9.30. The highest BCUT2D eigenvalue weighted by atomic mass is 16.2. The molecular weight excluding hydrogens is 214 g/mol. The van der Waals surface area contributed by atoms with E-state index in [1.807, 2.05) is 51.1 Å². The van der Waals surface area contributed by atoms with Gasteiger partial charge in [-0.25, -0.2) is 0 Å². The summed E-state index contributed by atoms with van der Waals surface area (Å²) >= 11 is 0. The molecule has 0 aromatic heterocycles. The van der Waals surface area contributed by atoms with Crippen molar-refractivity contribution in [3.05, 3.63) is 41.5 Å². The van der Waals surface area contributed by atoms with Gasteiger partial charge in [0.1, 0.15) is 0 Å². The second-order valence-electron chi connectivity index (χ2n) is 5.15. The van der Waals surface area contributed by atoms with Crippen molar-refractivity contribution in [2.75, 3.05) is 0 Å². The van der Waals surface area contributed by atoms with E-state index in [2.05, 4.69) is 5.32 Å². The monoisotopic (exact) mass is 229 g/mol. The number of hydrogen-bond donors (Lipinski definition) is 1. The number of carbonyl (C=O) groups excluding carboxylic acids is 2. The molecule has 1 aromatic carbocycles. The third-order valence-corrected chi connectivity index (χ3v) is 2.74. The lowest BCUT2D eigenvalue weighted by atomic mass is 9.82. The molecule has 1 heterocycles. The molecule has 0 unspecified atom stereocenters. The van der Waals surface area contributed by atoms with E-state index in [1.165, 1.54) is 0 Å². The first-order valence-corrected chi connectivity index (χ1v) is 5.57. The molecule has 1 aliphatic rings. The van der Waals surface area contributed by atoms with E-state index in [0.717, 1.165) is 5.56 Å². The van der Waals surface area contributed by atoms with Gasteiger partial charge in [-0.15, -0.1) is 0 Å². The second kappa shape index (κ2) is 3.84. The summed E-state index contributed by atoms with van der Waals surface area (Å²) in [4.78, 5) is 23.7. The van der Waals surface area contributed by atoms with Gasteiger partial charge in [0.2, 0.25) is 0 Å². The predicted molar refractivity (Wildman–Crippen MR) is 66.0 cm³/mol.